The molecule has 17 heteroatoms. The highest BCUT2D eigenvalue weighted by Crippen LogP contribution is 2.37. The summed E-state index contributed by atoms with van der Waals surface area (Å²) in [6, 6.07) is 0. The van der Waals surface area contributed by atoms with Gasteiger partial charge in [0.25, 0.3) is 0 Å². The summed E-state index contributed by atoms with van der Waals surface area (Å²) in [6.45, 7) is 3.13. The van der Waals surface area contributed by atoms with Crippen molar-refractivity contribution < 1.29 is 31.8 Å². The van der Waals surface area contributed by atoms with Crippen LogP contribution in [0, 0.1) is 5.82 Å². The molecular weight excluding hydrogens is 549 g/mol. The molecule has 1 unspecified atom stereocenters. The molecule has 0 bridgehead atoms. The van der Waals surface area contributed by atoms with Crippen LogP contribution in [0.25, 0.3) is 5.69 Å². The number of rotatable bonds is 10. The Morgan fingerprint density at radius 2 is 1.82 bits per heavy atom. The number of nitrogens with zero attached hydrogens (tertiary/aromatic N) is 8. The van der Waals surface area contributed by atoms with Crippen LogP contribution in [-0.2, 0) is 19.5 Å². The van der Waals surface area contributed by atoms with Crippen molar-refractivity contribution in [1.82, 2.24) is 34.7 Å². The first-order chi connectivity index (χ1) is 19.3. The highest BCUT2D eigenvalue weighted by molar-refractivity contribution is 7.93. The SMILES string of the molecule is CCO[C@H]1C[C@@H](S(=O)(=O)Nc2nnc(C3CCCO3)n2-c2c(OC)ncnc2OC)CN(c2ncc(F)cn2)C1. The van der Waals surface area contributed by atoms with Gasteiger partial charge in [-0.1, -0.05) is 0 Å². The van der Waals surface area contributed by atoms with E-state index >= 15 is 0 Å². The topological polar surface area (TPSA) is 169 Å². The number of hydrogen-bond donors (Lipinski definition) is 1. The van der Waals surface area contributed by atoms with Gasteiger partial charge >= 0.3 is 0 Å². The zero-order chi connectivity index (χ0) is 28.3. The largest absolute Gasteiger partial charge is 0.479 e. The van der Waals surface area contributed by atoms with Crippen molar-refractivity contribution in [3.8, 4) is 17.4 Å². The van der Waals surface area contributed by atoms with Crippen molar-refractivity contribution in [3.05, 3.63) is 30.4 Å². The summed E-state index contributed by atoms with van der Waals surface area (Å²) in [7, 11) is -1.26. The van der Waals surface area contributed by atoms with E-state index in [1.165, 1.54) is 25.1 Å². The highest BCUT2D eigenvalue weighted by Gasteiger charge is 2.39. The van der Waals surface area contributed by atoms with Crippen LogP contribution >= 0.6 is 0 Å². The maximum Gasteiger partial charge on any atom is 0.245 e. The summed E-state index contributed by atoms with van der Waals surface area (Å²) >= 11 is 0. The number of aromatic nitrogens is 7. The fourth-order valence-electron chi connectivity index (χ4n) is 4.84. The van der Waals surface area contributed by atoms with Crippen molar-refractivity contribution in [2.24, 2.45) is 0 Å². The van der Waals surface area contributed by atoms with Crippen molar-refractivity contribution in [3.63, 3.8) is 0 Å². The van der Waals surface area contributed by atoms with Crippen LogP contribution in [0.1, 0.15) is 38.1 Å². The zero-order valence-electron chi connectivity index (χ0n) is 22.2. The molecule has 5 heterocycles. The van der Waals surface area contributed by atoms with E-state index in [9.17, 15) is 12.8 Å². The van der Waals surface area contributed by atoms with Crippen LogP contribution < -0.4 is 19.1 Å². The number of nitrogens with one attached hydrogen (secondary N) is 1. The quantitative estimate of drug-likeness (QED) is 0.365. The van der Waals surface area contributed by atoms with Gasteiger partial charge in [0, 0.05) is 26.3 Å². The van der Waals surface area contributed by atoms with E-state index in [0.29, 0.717) is 32.0 Å². The van der Waals surface area contributed by atoms with Gasteiger partial charge in [-0.05, 0) is 26.2 Å². The molecule has 216 valence electrons. The first-order valence-corrected chi connectivity index (χ1v) is 14.2. The minimum Gasteiger partial charge on any atom is -0.479 e. The first kappa shape index (κ1) is 27.9. The van der Waals surface area contributed by atoms with Gasteiger partial charge in [0.1, 0.15) is 17.7 Å². The van der Waals surface area contributed by atoms with Crippen LogP contribution in [-0.4, -0.2) is 95.0 Å². The number of ether oxygens (including phenoxy) is 4. The molecule has 3 aromatic rings. The average molecular weight is 580 g/mol. The van der Waals surface area contributed by atoms with Crippen LogP contribution in [0.5, 0.6) is 11.8 Å². The second-order valence-corrected chi connectivity index (χ2v) is 11.1. The van der Waals surface area contributed by atoms with Crippen LogP contribution in [0.2, 0.25) is 0 Å². The van der Waals surface area contributed by atoms with Gasteiger partial charge in [-0.15, -0.1) is 10.2 Å². The predicted octanol–water partition coefficient (Wildman–Crippen LogP) is 1.28. The molecule has 40 heavy (non-hydrogen) atoms. The maximum atomic E-state index is 13.9. The Hall–Kier alpha value is -3.70. The van der Waals surface area contributed by atoms with Gasteiger partial charge in [-0.3, -0.25) is 9.29 Å². The molecule has 3 atom stereocenters. The second-order valence-electron chi connectivity index (χ2n) is 9.15. The van der Waals surface area contributed by atoms with Gasteiger partial charge in [-0.2, -0.15) is 9.97 Å². The summed E-state index contributed by atoms with van der Waals surface area (Å²) in [5.74, 6) is 0.0923. The van der Waals surface area contributed by atoms with Crippen LogP contribution in [0.4, 0.5) is 16.3 Å². The van der Waals surface area contributed by atoms with E-state index < -0.39 is 33.3 Å². The molecule has 3 aromatic heterocycles. The van der Waals surface area contributed by atoms with Gasteiger partial charge in [-0.25, -0.2) is 22.8 Å². The molecule has 5 rings (SSSR count). The van der Waals surface area contributed by atoms with Gasteiger partial charge in [0.15, 0.2) is 17.3 Å². The molecule has 2 saturated heterocycles. The second kappa shape index (κ2) is 11.8. The zero-order valence-corrected chi connectivity index (χ0v) is 23.0. The van der Waals surface area contributed by atoms with Crippen molar-refractivity contribution >= 4 is 21.9 Å². The molecule has 0 aliphatic carbocycles. The molecule has 0 spiro atoms. The Morgan fingerprint density at radius 3 is 2.45 bits per heavy atom. The van der Waals surface area contributed by atoms with Gasteiger partial charge in [0.2, 0.25) is 33.7 Å². The Morgan fingerprint density at radius 1 is 1.10 bits per heavy atom. The normalized spacial score (nSPS) is 21.4. The minimum absolute atomic E-state index is 0.0400. The summed E-state index contributed by atoms with van der Waals surface area (Å²) in [5.41, 5.74) is 0.220. The molecule has 15 nitrogen and oxygen atoms in total. The Balaban J connectivity index is 1.52. The van der Waals surface area contributed by atoms with Crippen LogP contribution in [0.15, 0.2) is 18.7 Å². The van der Waals surface area contributed by atoms with E-state index in [2.05, 4.69) is 34.9 Å². The first-order valence-electron chi connectivity index (χ1n) is 12.7. The average Bonchev–Trinajstić information content (AvgIpc) is 3.63. The highest BCUT2D eigenvalue weighted by atomic mass is 32.2. The molecule has 2 aliphatic rings. The van der Waals surface area contributed by atoms with Crippen molar-refractivity contribution in [2.45, 2.75) is 43.6 Å². The number of halogens is 1. The van der Waals surface area contributed by atoms with Gasteiger partial charge < -0.3 is 23.8 Å². The van der Waals surface area contributed by atoms with E-state index in [-0.39, 0.29) is 42.3 Å². The summed E-state index contributed by atoms with van der Waals surface area (Å²) in [6.07, 6.45) is 4.13. The number of hydrogen-bond acceptors (Lipinski definition) is 13. The van der Waals surface area contributed by atoms with Crippen molar-refractivity contribution in [2.75, 3.05) is 50.1 Å². The molecule has 1 N–H and O–H groups in total. The smallest absolute Gasteiger partial charge is 0.245 e. The Labute approximate surface area is 230 Å². The number of piperidine rings is 1. The lowest BCUT2D eigenvalue weighted by atomic mass is 10.1. The molecule has 0 radical (unpaired) electrons. The van der Waals surface area contributed by atoms with Crippen LogP contribution in [0.3, 0.4) is 0 Å². The fourth-order valence-corrected chi connectivity index (χ4v) is 6.24. The molecule has 0 aromatic carbocycles. The summed E-state index contributed by atoms with van der Waals surface area (Å²) in [5, 5.41) is 7.49. The molecule has 0 amide bonds. The molecule has 2 fully saturated rings. The molecule has 2 aliphatic heterocycles. The number of sulfonamides is 1. The number of anilines is 2. The van der Waals surface area contributed by atoms with Gasteiger partial charge in [0.05, 0.1) is 32.7 Å². The number of methoxy groups -OCH3 is 2. The minimum atomic E-state index is -4.10. The monoisotopic (exact) mass is 579 g/mol. The van der Waals surface area contributed by atoms with Crippen molar-refractivity contribution in [1.29, 1.82) is 0 Å². The Bertz CT molecular complexity index is 1400. The predicted molar refractivity (Wildman–Crippen MR) is 139 cm³/mol. The maximum absolute atomic E-state index is 13.9. The lowest BCUT2D eigenvalue weighted by Gasteiger charge is -2.37. The standard InChI is InChI=1S/C23H30FN9O6S/c1-4-38-15-8-16(12-32(11-15)22-25-9-14(24)10-26-22)40(34,35)31-23-30-29-19(17-6-5-7-39-17)33(23)18-20(36-2)27-13-28-21(18)37-3/h9-10,13,15-17H,4-8,11-12H2,1-3H3,(H,30,31)/t15-,16+,17?/m0/s1. The molecule has 0 saturated carbocycles. The Kier molecular flexibility index (Phi) is 8.22. The van der Waals surface area contributed by atoms with E-state index in [1.54, 1.807) is 4.90 Å². The third-order valence-electron chi connectivity index (χ3n) is 6.61. The van der Waals surface area contributed by atoms with E-state index in [0.717, 1.165) is 18.8 Å². The fraction of sp³-hybridized carbons (Fsp3) is 0.565. The molecular formula is C23H30FN9O6S. The summed E-state index contributed by atoms with van der Waals surface area (Å²) < 4.78 is 67.7. The van der Waals surface area contributed by atoms with E-state index in [4.69, 9.17) is 18.9 Å². The lowest BCUT2D eigenvalue weighted by Crippen LogP contribution is -2.51. The third-order valence-corrected chi connectivity index (χ3v) is 8.30. The summed E-state index contributed by atoms with van der Waals surface area (Å²) in [4.78, 5) is 18.0. The third kappa shape index (κ3) is 5.62. The van der Waals surface area contributed by atoms with E-state index in [1.807, 2.05) is 6.92 Å². The lowest BCUT2D eigenvalue weighted by molar-refractivity contribution is 0.0531.